The van der Waals surface area contributed by atoms with Gasteiger partial charge in [-0.1, -0.05) is 27.2 Å². The predicted octanol–water partition coefficient (Wildman–Crippen LogP) is 2.62. The van der Waals surface area contributed by atoms with E-state index in [9.17, 15) is 4.79 Å². The third kappa shape index (κ3) is 3.66. The molecule has 0 amide bonds. The van der Waals surface area contributed by atoms with Gasteiger partial charge < -0.3 is 0 Å². The molecule has 2 rings (SSSR count). The minimum Gasteiger partial charge on any atom is -0.299 e. The fraction of sp³-hybridized carbons (Fsp3) is 0.571. The molecule has 114 valence electrons. The number of aryl methyl sites for hydroxylation is 1. The summed E-state index contributed by atoms with van der Waals surface area (Å²) in [6.45, 7) is 7.71. The minimum atomic E-state index is -0.0863. The van der Waals surface area contributed by atoms with E-state index >= 15 is 0 Å². The Morgan fingerprint density at radius 2 is 2.14 bits per heavy atom. The van der Waals surface area contributed by atoms with E-state index in [1.165, 1.54) is 10.7 Å². The molecule has 0 aliphatic rings. The zero-order valence-corrected chi connectivity index (χ0v) is 13.5. The van der Waals surface area contributed by atoms with Gasteiger partial charge >= 0.3 is 0 Å². The van der Waals surface area contributed by atoms with E-state index in [0.717, 1.165) is 19.4 Å². The Hall–Kier alpha value is -1.76. The van der Waals surface area contributed by atoms with E-state index in [4.69, 9.17) is 12.2 Å². The Kier molecular flexibility index (Phi) is 5.06. The normalized spacial score (nSPS) is 11.2. The summed E-state index contributed by atoms with van der Waals surface area (Å²) < 4.78 is 4.00. The molecule has 2 aromatic heterocycles. The van der Waals surface area contributed by atoms with Crippen molar-refractivity contribution >= 4 is 12.2 Å². The molecule has 0 aliphatic heterocycles. The van der Waals surface area contributed by atoms with E-state index in [-0.39, 0.29) is 5.56 Å². The number of rotatable bonds is 6. The summed E-state index contributed by atoms with van der Waals surface area (Å²) in [7, 11) is 0. The Morgan fingerprint density at radius 1 is 1.38 bits per heavy atom. The van der Waals surface area contributed by atoms with Crippen LogP contribution in [0, 0.1) is 10.7 Å². The zero-order chi connectivity index (χ0) is 15.4. The number of nitrogens with zero attached hydrogens (tertiary/aromatic N) is 4. The summed E-state index contributed by atoms with van der Waals surface area (Å²) in [6.07, 6.45) is 1.94. The summed E-state index contributed by atoms with van der Waals surface area (Å²) in [5.74, 6) is 1.12. The lowest BCUT2D eigenvalue weighted by Crippen LogP contribution is -2.22. The number of H-pyrrole nitrogens is 1. The van der Waals surface area contributed by atoms with Crippen molar-refractivity contribution in [1.29, 1.82) is 0 Å². The van der Waals surface area contributed by atoms with E-state index in [2.05, 4.69) is 36.1 Å². The lowest BCUT2D eigenvalue weighted by atomic mass is 10.2. The van der Waals surface area contributed by atoms with Crippen molar-refractivity contribution in [2.75, 3.05) is 0 Å². The predicted molar refractivity (Wildman–Crippen MR) is 84.6 cm³/mol. The van der Waals surface area contributed by atoms with Gasteiger partial charge in [-0.2, -0.15) is 10.2 Å². The third-order valence-electron chi connectivity index (χ3n) is 3.13. The van der Waals surface area contributed by atoms with Crippen LogP contribution in [0.2, 0.25) is 0 Å². The maximum absolute atomic E-state index is 11.8. The molecule has 21 heavy (non-hydrogen) atoms. The van der Waals surface area contributed by atoms with Crippen molar-refractivity contribution < 1.29 is 0 Å². The second kappa shape index (κ2) is 6.80. The highest BCUT2D eigenvalue weighted by molar-refractivity contribution is 7.71. The van der Waals surface area contributed by atoms with Crippen LogP contribution in [0.1, 0.15) is 33.6 Å². The molecule has 0 fully saturated rings. The monoisotopic (exact) mass is 307 g/mol. The summed E-state index contributed by atoms with van der Waals surface area (Å²) >= 11 is 5.27. The highest BCUT2D eigenvalue weighted by atomic mass is 32.1. The number of unbranched alkanes of at least 4 members (excludes halogenated alkanes) is 1. The van der Waals surface area contributed by atoms with Gasteiger partial charge in [0.15, 0.2) is 10.6 Å². The largest absolute Gasteiger partial charge is 0.299 e. The van der Waals surface area contributed by atoms with Gasteiger partial charge in [0.1, 0.15) is 5.69 Å². The quantitative estimate of drug-likeness (QED) is 0.833. The van der Waals surface area contributed by atoms with Crippen LogP contribution < -0.4 is 5.56 Å². The molecule has 0 saturated heterocycles. The zero-order valence-electron chi connectivity index (χ0n) is 12.7. The Balaban J connectivity index is 2.43. The standard InChI is InChI=1S/C14H21N5OS/c1-4-5-8-19-12(20)7-6-11(17-19)13-15-16-14(21)18(13)9-10(2)3/h6-7,10H,4-5,8-9H2,1-3H3,(H,16,21). The molecular formula is C14H21N5OS. The van der Waals surface area contributed by atoms with Crippen molar-refractivity contribution in [3.8, 4) is 11.5 Å². The molecule has 1 N–H and O–H groups in total. The molecule has 0 saturated carbocycles. The molecule has 6 nitrogen and oxygen atoms in total. The van der Waals surface area contributed by atoms with Gasteiger partial charge in [-0.15, -0.1) is 0 Å². The van der Waals surface area contributed by atoms with Crippen LogP contribution in [-0.4, -0.2) is 24.5 Å². The summed E-state index contributed by atoms with van der Waals surface area (Å²) in [4.78, 5) is 11.8. The molecule has 0 spiro atoms. The molecule has 0 radical (unpaired) electrons. The molecular weight excluding hydrogens is 286 g/mol. The molecule has 2 heterocycles. The average Bonchev–Trinajstić information content (AvgIpc) is 2.79. The van der Waals surface area contributed by atoms with Crippen molar-refractivity contribution in [1.82, 2.24) is 24.5 Å². The van der Waals surface area contributed by atoms with Gasteiger partial charge in [0.25, 0.3) is 5.56 Å². The van der Waals surface area contributed by atoms with Gasteiger partial charge in [0, 0.05) is 19.2 Å². The first-order valence-corrected chi connectivity index (χ1v) is 7.67. The summed E-state index contributed by atoms with van der Waals surface area (Å²) in [5, 5.41) is 11.5. The van der Waals surface area contributed by atoms with Crippen LogP contribution in [-0.2, 0) is 13.1 Å². The van der Waals surface area contributed by atoms with E-state index < -0.39 is 0 Å². The van der Waals surface area contributed by atoms with E-state index in [0.29, 0.717) is 28.8 Å². The lowest BCUT2D eigenvalue weighted by Gasteiger charge is -2.10. The number of aromatic nitrogens is 5. The maximum Gasteiger partial charge on any atom is 0.266 e. The maximum atomic E-state index is 11.8. The summed E-state index contributed by atoms with van der Waals surface area (Å²) in [6, 6.07) is 3.24. The fourth-order valence-corrected chi connectivity index (χ4v) is 2.29. The van der Waals surface area contributed by atoms with Crippen LogP contribution in [0.3, 0.4) is 0 Å². The van der Waals surface area contributed by atoms with Gasteiger partial charge in [-0.05, 0) is 30.6 Å². The third-order valence-corrected chi connectivity index (χ3v) is 3.44. The van der Waals surface area contributed by atoms with Crippen molar-refractivity contribution in [3.05, 3.63) is 27.3 Å². The van der Waals surface area contributed by atoms with Crippen molar-refractivity contribution in [2.24, 2.45) is 5.92 Å². The van der Waals surface area contributed by atoms with Gasteiger partial charge in [0.05, 0.1) is 0 Å². The number of hydrogen-bond donors (Lipinski definition) is 1. The molecule has 0 aromatic carbocycles. The van der Waals surface area contributed by atoms with E-state index in [1.54, 1.807) is 6.07 Å². The first-order chi connectivity index (χ1) is 10.0. The molecule has 0 unspecified atom stereocenters. The van der Waals surface area contributed by atoms with Crippen LogP contribution in [0.15, 0.2) is 16.9 Å². The van der Waals surface area contributed by atoms with Crippen molar-refractivity contribution in [3.63, 3.8) is 0 Å². The first kappa shape index (κ1) is 15.6. The average molecular weight is 307 g/mol. The molecule has 7 heteroatoms. The van der Waals surface area contributed by atoms with Crippen molar-refractivity contribution in [2.45, 2.75) is 46.7 Å². The first-order valence-electron chi connectivity index (χ1n) is 7.26. The second-order valence-corrected chi connectivity index (χ2v) is 5.88. The minimum absolute atomic E-state index is 0.0863. The van der Waals surface area contributed by atoms with Gasteiger partial charge in [-0.25, -0.2) is 4.68 Å². The SMILES string of the molecule is CCCCn1nc(-c2n[nH]c(=S)n2CC(C)C)ccc1=O. The molecule has 0 aliphatic carbocycles. The number of hydrogen-bond acceptors (Lipinski definition) is 4. The summed E-state index contributed by atoms with van der Waals surface area (Å²) in [5.41, 5.74) is 0.579. The molecule has 0 atom stereocenters. The van der Waals surface area contributed by atoms with E-state index in [1.807, 2.05) is 4.57 Å². The van der Waals surface area contributed by atoms with Gasteiger partial charge in [-0.3, -0.25) is 14.5 Å². The second-order valence-electron chi connectivity index (χ2n) is 5.49. The number of aromatic amines is 1. The van der Waals surface area contributed by atoms with Crippen LogP contribution in [0.5, 0.6) is 0 Å². The Bertz CT molecular complexity index is 713. The molecule has 2 aromatic rings. The highest BCUT2D eigenvalue weighted by Gasteiger charge is 2.12. The Labute approximate surface area is 128 Å². The highest BCUT2D eigenvalue weighted by Crippen LogP contribution is 2.15. The Morgan fingerprint density at radius 3 is 2.81 bits per heavy atom. The number of nitrogens with one attached hydrogen (secondary N) is 1. The van der Waals surface area contributed by atoms with Crippen LogP contribution in [0.4, 0.5) is 0 Å². The van der Waals surface area contributed by atoms with Gasteiger partial charge in [0.2, 0.25) is 0 Å². The fourth-order valence-electron chi connectivity index (χ4n) is 2.08. The van der Waals surface area contributed by atoms with Crippen LogP contribution >= 0.6 is 12.2 Å². The molecule has 0 bridgehead atoms. The van der Waals surface area contributed by atoms with Crippen LogP contribution in [0.25, 0.3) is 11.5 Å². The smallest absolute Gasteiger partial charge is 0.266 e. The topological polar surface area (TPSA) is 68.5 Å². The lowest BCUT2D eigenvalue weighted by molar-refractivity contribution is 0.516.